The first kappa shape index (κ1) is 18.3. The van der Waals surface area contributed by atoms with Crippen molar-refractivity contribution in [2.45, 2.75) is 23.7 Å². The number of carboxylic acid groups (broad SMARTS) is 1. The number of benzene rings is 2. The molecule has 0 fully saturated rings. The lowest BCUT2D eigenvalue weighted by molar-refractivity contribution is -0.136. The molecule has 26 heavy (non-hydrogen) atoms. The molecule has 1 unspecified atom stereocenters. The minimum absolute atomic E-state index is 0.00277. The first-order valence-electron chi connectivity index (χ1n) is 8.08. The van der Waals surface area contributed by atoms with Gasteiger partial charge in [-0.3, -0.25) is 4.79 Å². The zero-order chi connectivity index (χ0) is 18.7. The highest BCUT2D eigenvalue weighted by molar-refractivity contribution is 7.89. The molecule has 2 aromatic carbocycles. The molecule has 8 heteroatoms. The molecule has 1 heterocycles. The SMILES string of the molecule is O=C(O)Cc1ccc2c(c1)OCCC2CNS(=O)(=O)c1ccc(F)cc1. The van der Waals surface area contributed by atoms with Gasteiger partial charge in [-0.25, -0.2) is 17.5 Å². The van der Waals surface area contributed by atoms with Crippen LogP contribution in [0.1, 0.15) is 23.5 Å². The van der Waals surface area contributed by atoms with Gasteiger partial charge in [0.15, 0.2) is 0 Å². The average Bonchev–Trinajstić information content (AvgIpc) is 2.59. The number of sulfonamides is 1. The molecule has 0 saturated heterocycles. The summed E-state index contributed by atoms with van der Waals surface area (Å²) in [5.41, 5.74) is 1.47. The van der Waals surface area contributed by atoms with Gasteiger partial charge in [-0.15, -0.1) is 0 Å². The van der Waals surface area contributed by atoms with Crippen molar-refractivity contribution in [3.05, 3.63) is 59.4 Å². The minimum Gasteiger partial charge on any atom is -0.493 e. The van der Waals surface area contributed by atoms with Crippen LogP contribution in [0.5, 0.6) is 5.75 Å². The maximum Gasteiger partial charge on any atom is 0.307 e. The average molecular weight is 379 g/mol. The van der Waals surface area contributed by atoms with E-state index < -0.39 is 21.8 Å². The third-order valence-electron chi connectivity index (χ3n) is 4.24. The van der Waals surface area contributed by atoms with E-state index in [4.69, 9.17) is 9.84 Å². The summed E-state index contributed by atoms with van der Waals surface area (Å²) in [5.74, 6) is -0.933. The van der Waals surface area contributed by atoms with Crippen LogP contribution in [0.15, 0.2) is 47.4 Å². The van der Waals surface area contributed by atoms with E-state index >= 15 is 0 Å². The largest absolute Gasteiger partial charge is 0.493 e. The fraction of sp³-hybridized carbons (Fsp3) is 0.278. The minimum atomic E-state index is -3.74. The molecule has 1 aliphatic rings. The summed E-state index contributed by atoms with van der Waals surface area (Å²) >= 11 is 0. The van der Waals surface area contributed by atoms with Crippen molar-refractivity contribution in [1.29, 1.82) is 0 Å². The number of ether oxygens (including phenoxy) is 1. The van der Waals surface area contributed by atoms with Gasteiger partial charge >= 0.3 is 5.97 Å². The first-order chi connectivity index (χ1) is 12.3. The summed E-state index contributed by atoms with van der Waals surface area (Å²) in [6, 6.07) is 9.81. The summed E-state index contributed by atoms with van der Waals surface area (Å²) < 4.78 is 45.8. The standard InChI is InChI=1S/C18H18FNO5S/c19-14-2-4-15(5-3-14)26(23,24)20-11-13-7-8-25-17-9-12(10-18(21)22)1-6-16(13)17/h1-6,9,13,20H,7-8,10-11H2,(H,21,22). The van der Waals surface area contributed by atoms with Crippen LogP contribution in [0.4, 0.5) is 4.39 Å². The molecule has 0 amide bonds. The van der Waals surface area contributed by atoms with Crippen molar-refractivity contribution in [3.8, 4) is 5.75 Å². The number of hydrogen-bond donors (Lipinski definition) is 2. The predicted octanol–water partition coefficient (Wildman–Crippen LogP) is 2.30. The fourth-order valence-electron chi connectivity index (χ4n) is 2.91. The van der Waals surface area contributed by atoms with Crippen LogP contribution in [0.25, 0.3) is 0 Å². The van der Waals surface area contributed by atoms with E-state index in [-0.39, 0.29) is 23.8 Å². The van der Waals surface area contributed by atoms with Crippen molar-refractivity contribution in [3.63, 3.8) is 0 Å². The van der Waals surface area contributed by atoms with Crippen LogP contribution in [0, 0.1) is 5.82 Å². The van der Waals surface area contributed by atoms with Crippen molar-refractivity contribution < 1.29 is 27.4 Å². The van der Waals surface area contributed by atoms with Crippen molar-refractivity contribution in [1.82, 2.24) is 4.72 Å². The second-order valence-electron chi connectivity index (χ2n) is 6.08. The topological polar surface area (TPSA) is 92.7 Å². The number of halogens is 1. The summed E-state index contributed by atoms with van der Waals surface area (Å²) in [4.78, 5) is 10.8. The van der Waals surface area contributed by atoms with Crippen LogP contribution in [-0.4, -0.2) is 32.6 Å². The van der Waals surface area contributed by atoms with Gasteiger partial charge in [0.05, 0.1) is 17.9 Å². The Morgan fingerprint density at radius 3 is 2.65 bits per heavy atom. The van der Waals surface area contributed by atoms with Crippen LogP contribution < -0.4 is 9.46 Å². The second kappa shape index (κ2) is 7.43. The van der Waals surface area contributed by atoms with Crippen LogP contribution >= 0.6 is 0 Å². The molecule has 2 aromatic rings. The van der Waals surface area contributed by atoms with Gasteiger partial charge in [-0.2, -0.15) is 0 Å². The Morgan fingerprint density at radius 1 is 1.23 bits per heavy atom. The molecule has 6 nitrogen and oxygen atoms in total. The molecule has 3 rings (SSSR count). The van der Waals surface area contributed by atoms with Crippen LogP contribution in [-0.2, 0) is 21.2 Å². The Kier molecular flexibility index (Phi) is 5.24. The third kappa shape index (κ3) is 4.20. The van der Waals surface area contributed by atoms with Gasteiger partial charge in [0.25, 0.3) is 0 Å². The Balaban J connectivity index is 1.74. The summed E-state index contributed by atoms with van der Waals surface area (Å²) in [5, 5.41) is 8.88. The molecule has 138 valence electrons. The summed E-state index contributed by atoms with van der Waals surface area (Å²) in [7, 11) is -3.74. The third-order valence-corrected chi connectivity index (χ3v) is 5.68. The molecular weight excluding hydrogens is 361 g/mol. The van der Waals surface area contributed by atoms with Gasteiger partial charge in [0, 0.05) is 12.5 Å². The number of carboxylic acids is 1. The number of rotatable bonds is 6. The molecular formula is C18H18FNO5S. The predicted molar refractivity (Wildman–Crippen MR) is 92.2 cm³/mol. The van der Waals surface area contributed by atoms with Gasteiger partial charge in [-0.1, -0.05) is 12.1 Å². The molecule has 0 bridgehead atoms. The number of hydrogen-bond acceptors (Lipinski definition) is 4. The monoisotopic (exact) mass is 379 g/mol. The summed E-state index contributed by atoms with van der Waals surface area (Å²) in [6.07, 6.45) is 0.537. The van der Waals surface area contributed by atoms with E-state index in [1.165, 1.54) is 12.1 Å². The van der Waals surface area contributed by atoms with Gasteiger partial charge in [0.2, 0.25) is 10.0 Å². The van der Waals surface area contributed by atoms with Gasteiger partial charge in [-0.05, 0) is 47.9 Å². The molecule has 0 radical (unpaired) electrons. The van der Waals surface area contributed by atoms with Crippen molar-refractivity contribution in [2.75, 3.05) is 13.2 Å². The lowest BCUT2D eigenvalue weighted by atomic mass is 9.92. The smallest absolute Gasteiger partial charge is 0.307 e. The van der Waals surface area contributed by atoms with Crippen LogP contribution in [0.3, 0.4) is 0 Å². The highest BCUT2D eigenvalue weighted by Crippen LogP contribution is 2.34. The Morgan fingerprint density at radius 2 is 1.96 bits per heavy atom. The summed E-state index contributed by atoms with van der Waals surface area (Å²) in [6.45, 7) is 0.598. The van der Waals surface area contributed by atoms with Gasteiger partial charge < -0.3 is 9.84 Å². The van der Waals surface area contributed by atoms with E-state index in [0.717, 1.165) is 17.7 Å². The van der Waals surface area contributed by atoms with Crippen molar-refractivity contribution >= 4 is 16.0 Å². The Bertz CT molecular complexity index is 912. The van der Waals surface area contributed by atoms with E-state index in [9.17, 15) is 17.6 Å². The van der Waals surface area contributed by atoms with E-state index in [1.54, 1.807) is 18.2 Å². The zero-order valence-corrected chi connectivity index (χ0v) is 14.6. The molecule has 1 aliphatic heterocycles. The van der Waals surface area contributed by atoms with Crippen molar-refractivity contribution in [2.24, 2.45) is 0 Å². The zero-order valence-electron chi connectivity index (χ0n) is 13.8. The van der Waals surface area contributed by atoms with Gasteiger partial charge in [0.1, 0.15) is 11.6 Å². The highest BCUT2D eigenvalue weighted by atomic mass is 32.2. The Hall–Kier alpha value is -2.45. The van der Waals surface area contributed by atoms with E-state index in [2.05, 4.69) is 4.72 Å². The second-order valence-corrected chi connectivity index (χ2v) is 7.85. The van der Waals surface area contributed by atoms with E-state index in [0.29, 0.717) is 24.3 Å². The molecule has 0 aliphatic carbocycles. The normalized spacial score (nSPS) is 16.6. The number of carbonyl (C=O) groups is 1. The van der Waals surface area contributed by atoms with Crippen LogP contribution in [0.2, 0.25) is 0 Å². The lowest BCUT2D eigenvalue weighted by Crippen LogP contribution is -2.31. The first-order valence-corrected chi connectivity index (χ1v) is 9.56. The van der Waals surface area contributed by atoms with E-state index in [1.807, 2.05) is 0 Å². The molecule has 0 spiro atoms. The highest BCUT2D eigenvalue weighted by Gasteiger charge is 2.24. The Labute approximate surface area is 150 Å². The fourth-order valence-corrected chi connectivity index (χ4v) is 3.99. The number of aliphatic carboxylic acids is 1. The molecule has 1 atom stereocenters. The quantitative estimate of drug-likeness (QED) is 0.803. The molecule has 0 aromatic heterocycles. The number of fused-ring (bicyclic) bond motifs is 1. The lowest BCUT2D eigenvalue weighted by Gasteiger charge is -2.26. The maximum atomic E-state index is 13.0. The molecule has 0 saturated carbocycles. The maximum absolute atomic E-state index is 13.0. The molecule has 2 N–H and O–H groups in total. The number of nitrogens with one attached hydrogen (secondary N) is 1.